The minimum atomic E-state index is -0.592. The van der Waals surface area contributed by atoms with Crippen LogP contribution in [0.2, 0.25) is 0 Å². The van der Waals surface area contributed by atoms with Crippen molar-refractivity contribution in [1.82, 2.24) is 36.0 Å². The number of nitrogens with one attached hydrogen (secondary N) is 3. The molecule has 0 saturated carbocycles. The van der Waals surface area contributed by atoms with E-state index in [0.29, 0.717) is 16.9 Å². The zero-order valence-electron chi connectivity index (χ0n) is 15.9. The van der Waals surface area contributed by atoms with Gasteiger partial charge in [-0.2, -0.15) is 0 Å². The van der Waals surface area contributed by atoms with Gasteiger partial charge in [0.2, 0.25) is 0 Å². The van der Waals surface area contributed by atoms with E-state index in [1.54, 1.807) is 36.4 Å². The molecule has 31 heavy (non-hydrogen) atoms. The molecule has 0 radical (unpaired) electrons. The van der Waals surface area contributed by atoms with Crippen molar-refractivity contribution in [2.45, 2.75) is 0 Å². The molecule has 0 fully saturated rings. The largest absolute Gasteiger partial charge is 0.339 e. The molecule has 0 aliphatic rings. The summed E-state index contributed by atoms with van der Waals surface area (Å²) in [4.78, 5) is 29.0. The van der Waals surface area contributed by atoms with Gasteiger partial charge in [0, 0.05) is 17.4 Å². The Labute approximate surface area is 175 Å². The van der Waals surface area contributed by atoms with Gasteiger partial charge >= 0.3 is 0 Å². The number of carbonyl (C=O) groups excluding carboxylic acids is 2. The van der Waals surface area contributed by atoms with E-state index in [4.69, 9.17) is 0 Å². The fraction of sp³-hybridized carbons (Fsp3) is 0. The van der Waals surface area contributed by atoms with Crippen LogP contribution in [0.4, 0.5) is 15.9 Å². The average Bonchev–Trinajstić information content (AvgIpc) is 3.33. The Kier molecular flexibility index (Phi) is 5.56. The molecule has 0 saturated heterocycles. The second-order valence-electron chi connectivity index (χ2n) is 6.24. The fourth-order valence-electron chi connectivity index (χ4n) is 2.69. The number of nitrogens with zero attached hydrogens (tertiary/aromatic N) is 5. The molecule has 4 aromatic rings. The monoisotopic (exact) mass is 418 g/mol. The topological polar surface area (TPSA) is 127 Å². The quantitative estimate of drug-likeness (QED) is 0.423. The van der Waals surface area contributed by atoms with Gasteiger partial charge in [-0.3, -0.25) is 20.4 Å². The number of pyridine rings is 1. The molecule has 0 bridgehead atoms. The molecule has 2 heterocycles. The lowest BCUT2D eigenvalue weighted by Gasteiger charge is -2.12. The van der Waals surface area contributed by atoms with Crippen LogP contribution in [0.15, 0.2) is 73.2 Å². The van der Waals surface area contributed by atoms with Crippen LogP contribution >= 0.6 is 0 Å². The van der Waals surface area contributed by atoms with Crippen LogP contribution in [0.5, 0.6) is 0 Å². The predicted octanol–water partition coefficient (Wildman–Crippen LogP) is 2.01. The van der Waals surface area contributed by atoms with E-state index >= 15 is 0 Å². The summed E-state index contributed by atoms with van der Waals surface area (Å²) in [5, 5.41) is 13.7. The predicted molar refractivity (Wildman–Crippen MR) is 108 cm³/mol. The maximum absolute atomic E-state index is 13.4. The van der Waals surface area contributed by atoms with Crippen LogP contribution in [0, 0.1) is 5.82 Å². The second kappa shape index (κ2) is 8.78. The molecular formula is C20H15FN8O2. The number of amides is 2. The van der Waals surface area contributed by atoms with E-state index in [1.807, 2.05) is 0 Å². The molecule has 11 heteroatoms. The van der Waals surface area contributed by atoms with Crippen LogP contribution in [0.3, 0.4) is 0 Å². The normalized spacial score (nSPS) is 10.4. The van der Waals surface area contributed by atoms with Crippen molar-refractivity contribution < 1.29 is 14.0 Å². The zero-order chi connectivity index (χ0) is 21.6. The van der Waals surface area contributed by atoms with Crippen molar-refractivity contribution >= 4 is 23.3 Å². The van der Waals surface area contributed by atoms with Gasteiger partial charge in [0.1, 0.15) is 18.0 Å². The molecule has 2 amide bonds. The first-order chi connectivity index (χ1) is 15.1. The minimum Gasteiger partial charge on any atom is -0.339 e. The summed E-state index contributed by atoms with van der Waals surface area (Å²) in [5.41, 5.74) is 6.29. The van der Waals surface area contributed by atoms with Crippen molar-refractivity contribution in [2.24, 2.45) is 0 Å². The number of halogens is 1. The molecule has 0 aliphatic heterocycles. The van der Waals surface area contributed by atoms with E-state index in [1.165, 1.54) is 41.5 Å². The van der Waals surface area contributed by atoms with Gasteiger partial charge in [-0.1, -0.05) is 6.07 Å². The Balaban J connectivity index is 1.41. The number of carbonyl (C=O) groups is 2. The molecule has 0 aliphatic carbocycles. The summed E-state index contributed by atoms with van der Waals surface area (Å²) >= 11 is 0. The van der Waals surface area contributed by atoms with Crippen LogP contribution in [0.25, 0.3) is 5.69 Å². The third-order valence-electron chi connectivity index (χ3n) is 4.17. The van der Waals surface area contributed by atoms with Crippen molar-refractivity contribution in [3.8, 4) is 5.69 Å². The summed E-state index contributed by atoms with van der Waals surface area (Å²) in [5.74, 6) is -1.32. The zero-order valence-corrected chi connectivity index (χ0v) is 15.9. The van der Waals surface area contributed by atoms with E-state index in [0.717, 1.165) is 0 Å². The van der Waals surface area contributed by atoms with E-state index < -0.39 is 17.6 Å². The highest BCUT2D eigenvalue weighted by molar-refractivity contribution is 6.02. The number of anilines is 2. The van der Waals surface area contributed by atoms with E-state index in [2.05, 4.69) is 36.7 Å². The van der Waals surface area contributed by atoms with E-state index in [-0.39, 0.29) is 11.4 Å². The third-order valence-corrected chi connectivity index (χ3v) is 4.17. The number of aromatic nitrogens is 5. The Bertz CT molecular complexity index is 1210. The Hall–Kier alpha value is -4.67. The third kappa shape index (κ3) is 4.67. The smallest absolute Gasteiger partial charge is 0.273 e. The van der Waals surface area contributed by atoms with Crippen LogP contribution in [-0.2, 0) is 0 Å². The lowest BCUT2D eigenvalue weighted by atomic mass is 10.2. The molecule has 0 atom stereocenters. The fourth-order valence-corrected chi connectivity index (χ4v) is 2.69. The number of hydrazine groups is 1. The number of benzene rings is 2. The molecular weight excluding hydrogens is 403 g/mol. The molecule has 10 nitrogen and oxygen atoms in total. The number of rotatable bonds is 5. The van der Waals surface area contributed by atoms with Crippen molar-refractivity contribution in [3.05, 3.63) is 90.1 Å². The Morgan fingerprint density at radius 1 is 0.935 bits per heavy atom. The molecule has 0 spiro atoms. The first-order valence-electron chi connectivity index (χ1n) is 9.02. The summed E-state index contributed by atoms with van der Waals surface area (Å²) < 4.78 is 14.8. The molecule has 2 aromatic heterocycles. The van der Waals surface area contributed by atoms with Crippen LogP contribution < -0.4 is 16.2 Å². The highest BCUT2D eigenvalue weighted by Gasteiger charge is 2.14. The molecule has 4 rings (SSSR count). The Morgan fingerprint density at radius 2 is 1.74 bits per heavy atom. The summed E-state index contributed by atoms with van der Waals surface area (Å²) in [6, 6.07) is 15.3. The van der Waals surface area contributed by atoms with Crippen molar-refractivity contribution in [2.75, 3.05) is 5.32 Å². The highest BCUT2D eigenvalue weighted by Crippen LogP contribution is 2.19. The van der Waals surface area contributed by atoms with Gasteiger partial charge < -0.3 is 5.32 Å². The SMILES string of the molecule is O=C(NNC(=O)c1cccnc1Nc1cccc(F)c1)c1ccc(-n2cnnn2)cc1. The van der Waals surface area contributed by atoms with Gasteiger partial charge in [0.15, 0.2) is 0 Å². The average molecular weight is 418 g/mol. The van der Waals surface area contributed by atoms with Crippen molar-refractivity contribution in [1.29, 1.82) is 0 Å². The maximum Gasteiger partial charge on any atom is 0.273 e. The lowest BCUT2D eigenvalue weighted by molar-refractivity contribution is 0.0847. The molecule has 2 aromatic carbocycles. The van der Waals surface area contributed by atoms with Gasteiger partial charge in [-0.15, -0.1) is 5.10 Å². The highest BCUT2D eigenvalue weighted by atomic mass is 19.1. The lowest BCUT2D eigenvalue weighted by Crippen LogP contribution is -2.41. The van der Waals surface area contributed by atoms with E-state index in [9.17, 15) is 14.0 Å². The van der Waals surface area contributed by atoms with Gasteiger partial charge in [0.25, 0.3) is 11.8 Å². The summed E-state index contributed by atoms with van der Waals surface area (Å²) in [7, 11) is 0. The number of hydrogen-bond acceptors (Lipinski definition) is 7. The maximum atomic E-state index is 13.4. The first kappa shape index (κ1) is 19.6. The molecule has 154 valence electrons. The second-order valence-corrected chi connectivity index (χ2v) is 6.24. The standard InChI is InChI=1S/C20H15FN8O2/c21-14-3-1-4-15(11-14)24-18-17(5-2-10-22-18)20(31)26-25-19(30)13-6-8-16(9-7-13)29-12-23-27-28-29/h1-12H,(H,22,24)(H,25,30)(H,26,31). The van der Waals surface area contributed by atoms with Crippen molar-refractivity contribution in [3.63, 3.8) is 0 Å². The van der Waals surface area contributed by atoms with Gasteiger partial charge in [0.05, 0.1) is 11.3 Å². The van der Waals surface area contributed by atoms with Crippen LogP contribution in [0.1, 0.15) is 20.7 Å². The molecule has 3 N–H and O–H groups in total. The summed E-state index contributed by atoms with van der Waals surface area (Å²) in [6.45, 7) is 0. The summed E-state index contributed by atoms with van der Waals surface area (Å²) in [6.07, 6.45) is 2.92. The van der Waals surface area contributed by atoms with Gasteiger partial charge in [-0.25, -0.2) is 14.1 Å². The minimum absolute atomic E-state index is 0.168. The first-order valence-corrected chi connectivity index (χ1v) is 9.02. The number of tetrazole rings is 1. The molecule has 0 unspecified atom stereocenters. The van der Waals surface area contributed by atoms with Gasteiger partial charge in [-0.05, 0) is 65.0 Å². The van der Waals surface area contributed by atoms with Crippen LogP contribution in [-0.4, -0.2) is 37.0 Å². The number of hydrogen-bond donors (Lipinski definition) is 3. The Morgan fingerprint density at radius 3 is 2.48 bits per heavy atom.